The molecule has 3 heteroatoms. The maximum atomic E-state index is 5.71. The van der Waals surface area contributed by atoms with E-state index in [0.717, 1.165) is 17.9 Å². The number of aromatic nitrogens is 1. The molecule has 0 fully saturated rings. The minimum absolute atomic E-state index is 0.530. The summed E-state index contributed by atoms with van der Waals surface area (Å²) >= 11 is 5.71. The van der Waals surface area contributed by atoms with Gasteiger partial charge in [0.2, 0.25) is 0 Å². The number of nitrogens with zero attached hydrogens (tertiary/aromatic N) is 2. The highest BCUT2D eigenvalue weighted by atomic mass is 35.5. The molecule has 0 spiro atoms. The van der Waals surface area contributed by atoms with E-state index in [4.69, 9.17) is 11.6 Å². The molecule has 0 aliphatic heterocycles. The highest BCUT2D eigenvalue weighted by Gasteiger charge is 2.06. The van der Waals surface area contributed by atoms with Crippen LogP contribution < -0.4 is 4.90 Å². The van der Waals surface area contributed by atoms with E-state index >= 15 is 0 Å². The summed E-state index contributed by atoms with van der Waals surface area (Å²) < 4.78 is 0. The Kier molecular flexibility index (Phi) is 4.89. The van der Waals surface area contributed by atoms with Crippen molar-refractivity contribution in [2.75, 3.05) is 18.5 Å². The lowest BCUT2D eigenvalue weighted by Crippen LogP contribution is -2.24. The molecule has 84 valence electrons. The molecule has 1 atom stereocenters. The fraction of sp³-hybridized carbons (Fsp3) is 0.583. The van der Waals surface area contributed by atoms with Crippen LogP contribution in [-0.2, 0) is 5.88 Å². The number of rotatable bonds is 5. The van der Waals surface area contributed by atoms with Gasteiger partial charge in [0.05, 0.1) is 0 Å². The molecule has 2 nitrogen and oxygen atoms in total. The van der Waals surface area contributed by atoms with Gasteiger partial charge in [0.15, 0.2) is 0 Å². The fourth-order valence-corrected chi connectivity index (χ4v) is 1.57. The van der Waals surface area contributed by atoms with Gasteiger partial charge in [0.25, 0.3) is 0 Å². The van der Waals surface area contributed by atoms with Crippen molar-refractivity contribution in [2.24, 2.45) is 5.92 Å². The molecule has 0 bridgehead atoms. The summed E-state index contributed by atoms with van der Waals surface area (Å²) in [5, 5.41) is 0. The highest BCUT2D eigenvalue weighted by molar-refractivity contribution is 6.17. The standard InChI is InChI=1S/C12H19ClN2/c1-4-10(2)9-15(3)12-6-5-11(7-13)8-14-12/h5-6,8,10H,4,7,9H2,1-3H3. The van der Waals surface area contributed by atoms with Crippen LogP contribution in [0.3, 0.4) is 0 Å². The lowest BCUT2D eigenvalue weighted by atomic mass is 10.1. The Morgan fingerprint density at radius 1 is 1.47 bits per heavy atom. The molecule has 0 radical (unpaired) electrons. The summed E-state index contributed by atoms with van der Waals surface area (Å²) in [5.74, 6) is 2.25. The minimum Gasteiger partial charge on any atom is -0.359 e. The first-order valence-corrected chi connectivity index (χ1v) is 5.92. The van der Waals surface area contributed by atoms with E-state index in [1.165, 1.54) is 6.42 Å². The molecule has 1 unspecified atom stereocenters. The van der Waals surface area contributed by atoms with E-state index in [1.807, 2.05) is 18.3 Å². The number of hydrogen-bond acceptors (Lipinski definition) is 2. The van der Waals surface area contributed by atoms with Crippen molar-refractivity contribution >= 4 is 17.4 Å². The highest BCUT2D eigenvalue weighted by Crippen LogP contribution is 2.13. The Bertz CT molecular complexity index is 284. The van der Waals surface area contributed by atoms with Crippen LogP contribution in [0.1, 0.15) is 25.8 Å². The molecule has 1 aromatic heterocycles. The maximum Gasteiger partial charge on any atom is 0.128 e. The summed E-state index contributed by atoms with van der Waals surface area (Å²) in [6.07, 6.45) is 3.04. The molecule has 0 amide bonds. The van der Waals surface area contributed by atoms with Gasteiger partial charge < -0.3 is 4.90 Å². The minimum atomic E-state index is 0.530. The monoisotopic (exact) mass is 226 g/mol. The summed E-state index contributed by atoms with van der Waals surface area (Å²) in [6.45, 7) is 5.51. The van der Waals surface area contributed by atoms with Gasteiger partial charge in [0.1, 0.15) is 5.82 Å². The average molecular weight is 227 g/mol. The van der Waals surface area contributed by atoms with E-state index in [1.54, 1.807) is 0 Å². The van der Waals surface area contributed by atoms with Gasteiger partial charge in [-0.15, -0.1) is 11.6 Å². The first kappa shape index (κ1) is 12.3. The third-order valence-electron chi connectivity index (χ3n) is 2.64. The van der Waals surface area contributed by atoms with Crippen molar-refractivity contribution < 1.29 is 0 Å². The quantitative estimate of drug-likeness (QED) is 0.717. The van der Waals surface area contributed by atoms with Crippen LogP contribution >= 0.6 is 11.6 Å². The SMILES string of the molecule is CCC(C)CN(C)c1ccc(CCl)cn1. The smallest absolute Gasteiger partial charge is 0.128 e. The Morgan fingerprint density at radius 2 is 2.20 bits per heavy atom. The second-order valence-corrected chi connectivity index (χ2v) is 4.32. The topological polar surface area (TPSA) is 16.1 Å². The van der Waals surface area contributed by atoms with Crippen LogP contribution in [0.25, 0.3) is 0 Å². The molecule has 15 heavy (non-hydrogen) atoms. The van der Waals surface area contributed by atoms with Crippen molar-refractivity contribution in [2.45, 2.75) is 26.1 Å². The molecule has 1 aromatic rings. The number of hydrogen-bond donors (Lipinski definition) is 0. The molecule has 0 aromatic carbocycles. The number of pyridine rings is 1. The first-order valence-electron chi connectivity index (χ1n) is 5.39. The van der Waals surface area contributed by atoms with Crippen molar-refractivity contribution in [3.8, 4) is 0 Å². The van der Waals surface area contributed by atoms with Gasteiger partial charge in [-0.2, -0.15) is 0 Å². The molecule has 1 rings (SSSR count). The lowest BCUT2D eigenvalue weighted by molar-refractivity contribution is 0.557. The van der Waals surface area contributed by atoms with E-state index in [2.05, 4.69) is 30.8 Å². The number of anilines is 1. The Hall–Kier alpha value is -0.760. The van der Waals surface area contributed by atoms with Crippen LogP contribution in [0.4, 0.5) is 5.82 Å². The third-order valence-corrected chi connectivity index (χ3v) is 2.95. The molecular formula is C12H19ClN2. The Labute approximate surface area is 97.3 Å². The second-order valence-electron chi connectivity index (χ2n) is 4.05. The zero-order chi connectivity index (χ0) is 11.3. The van der Waals surface area contributed by atoms with Gasteiger partial charge in [-0.05, 0) is 17.5 Å². The van der Waals surface area contributed by atoms with Gasteiger partial charge in [-0.1, -0.05) is 26.3 Å². The maximum absolute atomic E-state index is 5.71. The second kappa shape index (κ2) is 5.96. The van der Waals surface area contributed by atoms with Crippen molar-refractivity contribution in [1.29, 1.82) is 0 Å². The summed E-state index contributed by atoms with van der Waals surface area (Å²) in [5.41, 5.74) is 1.07. The van der Waals surface area contributed by atoms with Crippen LogP contribution in [0.5, 0.6) is 0 Å². The normalized spacial score (nSPS) is 12.5. The molecule has 0 saturated heterocycles. The van der Waals surface area contributed by atoms with E-state index in [9.17, 15) is 0 Å². The van der Waals surface area contributed by atoms with E-state index in [-0.39, 0.29) is 0 Å². The Morgan fingerprint density at radius 3 is 2.67 bits per heavy atom. The first-order chi connectivity index (χ1) is 7.17. The van der Waals surface area contributed by atoms with Crippen molar-refractivity contribution in [3.05, 3.63) is 23.9 Å². The molecule has 0 aliphatic carbocycles. The third kappa shape index (κ3) is 3.71. The summed E-state index contributed by atoms with van der Waals surface area (Å²) in [7, 11) is 2.08. The molecule has 0 aliphatic rings. The van der Waals surface area contributed by atoms with Gasteiger partial charge in [-0.3, -0.25) is 0 Å². The van der Waals surface area contributed by atoms with Gasteiger partial charge in [-0.25, -0.2) is 4.98 Å². The van der Waals surface area contributed by atoms with Crippen LogP contribution in [0.2, 0.25) is 0 Å². The number of halogens is 1. The Balaban J connectivity index is 2.61. The van der Waals surface area contributed by atoms with E-state index < -0.39 is 0 Å². The van der Waals surface area contributed by atoms with Crippen molar-refractivity contribution in [1.82, 2.24) is 4.98 Å². The zero-order valence-corrected chi connectivity index (χ0v) is 10.5. The number of alkyl halides is 1. The van der Waals surface area contributed by atoms with Crippen molar-refractivity contribution in [3.63, 3.8) is 0 Å². The predicted octanol–water partition coefficient (Wildman–Crippen LogP) is 3.30. The molecule has 1 heterocycles. The predicted molar refractivity (Wildman–Crippen MR) is 66.5 cm³/mol. The molecule has 0 N–H and O–H groups in total. The van der Waals surface area contributed by atoms with Gasteiger partial charge in [0, 0.05) is 25.7 Å². The van der Waals surface area contributed by atoms with Gasteiger partial charge >= 0.3 is 0 Å². The molecule has 0 saturated carbocycles. The largest absolute Gasteiger partial charge is 0.359 e. The van der Waals surface area contributed by atoms with E-state index in [0.29, 0.717) is 11.8 Å². The van der Waals surface area contributed by atoms with Crippen LogP contribution in [-0.4, -0.2) is 18.6 Å². The van der Waals surface area contributed by atoms with Crippen LogP contribution in [0, 0.1) is 5.92 Å². The summed E-state index contributed by atoms with van der Waals surface area (Å²) in [4.78, 5) is 6.56. The molecular weight excluding hydrogens is 208 g/mol. The average Bonchev–Trinajstić information content (AvgIpc) is 2.29. The lowest BCUT2D eigenvalue weighted by Gasteiger charge is -2.21. The van der Waals surface area contributed by atoms with Crippen LogP contribution in [0.15, 0.2) is 18.3 Å². The zero-order valence-electron chi connectivity index (χ0n) is 9.70. The fourth-order valence-electron chi connectivity index (χ4n) is 1.41. The summed E-state index contributed by atoms with van der Waals surface area (Å²) in [6, 6.07) is 4.06.